The number of anilines is 1. The molecule has 0 spiro atoms. The van der Waals surface area contributed by atoms with Crippen molar-refractivity contribution in [1.29, 1.82) is 0 Å². The number of hydrogen-bond acceptors (Lipinski definition) is 4. The number of carbonyl (C=O) groups is 1. The summed E-state index contributed by atoms with van der Waals surface area (Å²) in [6.07, 6.45) is 0. The standard InChI is InChI=1S/C11H8BrClN2O2S/c12-7-3-4-18-8(7)5-14-10-6(11(16)17)1-2-9(13)15-10/h1-4H,5H2,(H,14,15)(H,16,17). The molecule has 0 aliphatic rings. The molecule has 0 bridgehead atoms. The van der Waals surface area contributed by atoms with Crippen molar-refractivity contribution in [3.63, 3.8) is 0 Å². The third-order valence-corrected chi connectivity index (χ3v) is 4.34. The maximum absolute atomic E-state index is 11.0. The Morgan fingerprint density at radius 3 is 2.89 bits per heavy atom. The van der Waals surface area contributed by atoms with Crippen LogP contribution in [0.3, 0.4) is 0 Å². The average molecular weight is 348 g/mol. The van der Waals surface area contributed by atoms with E-state index >= 15 is 0 Å². The summed E-state index contributed by atoms with van der Waals surface area (Å²) in [6, 6.07) is 4.83. The molecule has 0 unspecified atom stereocenters. The van der Waals surface area contributed by atoms with Gasteiger partial charge in [0.25, 0.3) is 0 Å². The SMILES string of the molecule is O=C(O)c1ccc(Cl)nc1NCc1sccc1Br. The molecule has 0 amide bonds. The molecule has 18 heavy (non-hydrogen) atoms. The number of thiophene rings is 1. The number of carboxylic acids is 1. The van der Waals surface area contributed by atoms with Crippen LogP contribution in [0, 0.1) is 0 Å². The number of nitrogens with one attached hydrogen (secondary N) is 1. The van der Waals surface area contributed by atoms with Gasteiger partial charge in [-0.05, 0) is 39.5 Å². The maximum Gasteiger partial charge on any atom is 0.339 e. The minimum Gasteiger partial charge on any atom is -0.478 e. The lowest BCUT2D eigenvalue weighted by Crippen LogP contribution is -2.08. The predicted molar refractivity (Wildman–Crippen MR) is 75.6 cm³/mol. The lowest BCUT2D eigenvalue weighted by molar-refractivity contribution is 0.0697. The second kappa shape index (κ2) is 5.69. The van der Waals surface area contributed by atoms with Crippen LogP contribution in [-0.2, 0) is 6.54 Å². The van der Waals surface area contributed by atoms with Gasteiger partial charge < -0.3 is 10.4 Å². The Hall–Kier alpha value is -1.11. The number of hydrogen-bond donors (Lipinski definition) is 2. The van der Waals surface area contributed by atoms with Crippen LogP contribution >= 0.6 is 38.9 Å². The third-order valence-electron chi connectivity index (χ3n) is 2.20. The van der Waals surface area contributed by atoms with Crippen molar-refractivity contribution < 1.29 is 9.90 Å². The number of nitrogens with zero attached hydrogens (tertiary/aromatic N) is 1. The fourth-order valence-electron chi connectivity index (χ4n) is 1.36. The molecule has 2 aromatic heterocycles. The zero-order valence-electron chi connectivity index (χ0n) is 8.98. The van der Waals surface area contributed by atoms with Crippen LogP contribution in [-0.4, -0.2) is 16.1 Å². The summed E-state index contributed by atoms with van der Waals surface area (Å²) < 4.78 is 0.985. The molecular formula is C11H8BrClN2O2S. The number of rotatable bonds is 4. The summed E-state index contributed by atoms with van der Waals surface area (Å²) in [7, 11) is 0. The topological polar surface area (TPSA) is 62.2 Å². The molecule has 4 nitrogen and oxygen atoms in total. The van der Waals surface area contributed by atoms with Gasteiger partial charge in [0.15, 0.2) is 0 Å². The number of aromatic nitrogens is 1. The van der Waals surface area contributed by atoms with Crippen LogP contribution in [0.25, 0.3) is 0 Å². The normalized spacial score (nSPS) is 10.3. The van der Waals surface area contributed by atoms with Crippen molar-refractivity contribution in [3.8, 4) is 0 Å². The highest BCUT2D eigenvalue weighted by molar-refractivity contribution is 9.10. The largest absolute Gasteiger partial charge is 0.478 e. The number of halogens is 2. The Labute approximate surface area is 121 Å². The second-order valence-electron chi connectivity index (χ2n) is 3.38. The summed E-state index contributed by atoms with van der Waals surface area (Å²) in [5, 5.41) is 14.2. The van der Waals surface area contributed by atoms with Gasteiger partial charge in [0.1, 0.15) is 16.5 Å². The van der Waals surface area contributed by atoms with Gasteiger partial charge >= 0.3 is 5.97 Å². The van der Waals surface area contributed by atoms with E-state index in [9.17, 15) is 4.79 Å². The Balaban J connectivity index is 2.20. The van der Waals surface area contributed by atoms with Crippen molar-refractivity contribution >= 4 is 50.7 Å². The molecule has 0 aromatic carbocycles. The van der Waals surface area contributed by atoms with E-state index in [1.807, 2.05) is 11.4 Å². The molecule has 2 aromatic rings. The molecule has 0 fully saturated rings. The van der Waals surface area contributed by atoms with Gasteiger partial charge in [0.05, 0.1) is 6.54 Å². The first-order valence-corrected chi connectivity index (χ1v) is 6.98. The van der Waals surface area contributed by atoms with Gasteiger partial charge in [0, 0.05) is 9.35 Å². The fraction of sp³-hybridized carbons (Fsp3) is 0.0909. The summed E-state index contributed by atoms with van der Waals surface area (Å²) in [4.78, 5) is 16.1. The molecule has 0 saturated heterocycles. The van der Waals surface area contributed by atoms with Crippen molar-refractivity contribution in [1.82, 2.24) is 4.98 Å². The smallest absolute Gasteiger partial charge is 0.339 e. The quantitative estimate of drug-likeness (QED) is 0.824. The van der Waals surface area contributed by atoms with Crippen LogP contribution < -0.4 is 5.32 Å². The van der Waals surface area contributed by atoms with Gasteiger partial charge in [0.2, 0.25) is 0 Å². The Morgan fingerprint density at radius 2 is 2.28 bits per heavy atom. The molecule has 94 valence electrons. The number of aromatic carboxylic acids is 1. The first-order valence-electron chi connectivity index (χ1n) is 4.93. The summed E-state index contributed by atoms with van der Waals surface area (Å²) in [5.41, 5.74) is 0.104. The van der Waals surface area contributed by atoms with Gasteiger partial charge in [-0.3, -0.25) is 0 Å². The number of pyridine rings is 1. The molecule has 0 aliphatic heterocycles. The van der Waals surface area contributed by atoms with E-state index in [2.05, 4.69) is 26.2 Å². The Bertz CT molecular complexity index is 588. The third kappa shape index (κ3) is 3.01. The van der Waals surface area contributed by atoms with Gasteiger partial charge in [-0.15, -0.1) is 11.3 Å². The average Bonchev–Trinajstić information content (AvgIpc) is 2.72. The molecule has 2 rings (SSSR count). The minimum absolute atomic E-state index is 0.104. The van der Waals surface area contributed by atoms with E-state index in [1.165, 1.54) is 12.1 Å². The van der Waals surface area contributed by atoms with Crippen LogP contribution in [0.1, 0.15) is 15.2 Å². The van der Waals surface area contributed by atoms with Gasteiger partial charge in [-0.2, -0.15) is 0 Å². The molecule has 2 N–H and O–H groups in total. The van der Waals surface area contributed by atoms with Crippen molar-refractivity contribution in [2.75, 3.05) is 5.32 Å². The second-order valence-corrected chi connectivity index (χ2v) is 5.62. The van der Waals surface area contributed by atoms with E-state index in [0.29, 0.717) is 6.54 Å². The van der Waals surface area contributed by atoms with Gasteiger partial charge in [-0.25, -0.2) is 9.78 Å². The maximum atomic E-state index is 11.0. The summed E-state index contributed by atoms with van der Waals surface area (Å²) >= 11 is 10.7. The first-order chi connectivity index (χ1) is 8.58. The summed E-state index contributed by atoms with van der Waals surface area (Å²) in [6.45, 7) is 0.492. The van der Waals surface area contributed by atoms with E-state index < -0.39 is 5.97 Å². The van der Waals surface area contributed by atoms with E-state index in [4.69, 9.17) is 16.7 Å². The lowest BCUT2D eigenvalue weighted by atomic mass is 10.2. The fourth-order valence-corrected chi connectivity index (χ4v) is 2.94. The molecule has 0 atom stereocenters. The van der Waals surface area contributed by atoms with Crippen molar-refractivity contribution in [2.24, 2.45) is 0 Å². The molecule has 0 aliphatic carbocycles. The highest BCUT2D eigenvalue weighted by Crippen LogP contribution is 2.24. The monoisotopic (exact) mass is 346 g/mol. The predicted octanol–water partition coefficient (Wildman–Crippen LogP) is 3.87. The van der Waals surface area contributed by atoms with Crippen molar-refractivity contribution in [3.05, 3.63) is 43.6 Å². The number of carboxylic acid groups (broad SMARTS) is 1. The zero-order valence-corrected chi connectivity index (χ0v) is 12.1. The Kier molecular flexibility index (Phi) is 4.21. The minimum atomic E-state index is -1.04. The molecule has 0 radical (unpaired) electrons. The van der Waals surface area contributed by atoms with E-state index in [-0.39, 0.29) is 16.5 Å². The van der Waals surface area contributed by atoms with Crippen LogP contribution in [0.2, 0.25) is 5.15 Å². The van der Waals surface area contributed by atoms with Crippen molar-refractivity contribution in [2.45, 2.75) is 6.54 Å². The van der Waals surface area contributed by atoms with Crippen LogP contribution in [0.4, 0.5) is 5.82 Å². The van der Waals surface area contributed by atoms with E-state index in [1.54, 1.807) is 11.3 Å². The zero-order chi connectivity index (χ0) is 13.1. The first kappa shape index (κ1) is 13.3. The highest BCUT2D eigenvalue weighted by atomic mass is 79.9. The van der Waals surface area contributed by atoms with Crippen LogP contribution in [0.5, 0.6) is 0 Å². The lowest BCUT2D eigenvalue weighted by Gasteiger charge is -2.08. The van der Waals surface area contributed by atoms with Gasteiger partial charge in [-0.1, -0.05) is 11.6 Å². The molecule has 7 heteroatoms. The highest BCUT2D eigenvalue weighted by Gasteiger charge is 2.12. The van der Waals surface area contributed by atoms with E-state index in [0.717, 1.165) is 9.35 Å². The summed E-state index contributed by atoms with van der Waals surface area (Å²) in [5.74, 6) is -0.762. The molecule has 2 heterocycles. The Morgan fingerprint density at radius 1 is 1.50 bits per heavy atom. The molecular weight excluding hydrogens is 340 g/mol. The molecule has 0 saturated carbocycles. The van der Waals surface area contributed by atoms with Crippen LogP contribution in [0.15, 0.2) is 28.1 Å².